The lowest BCUT2D eigenvalue weighted by atomic mass is 10.2. The summed E-state index contributed by atoms with van der Waals surface area (Å²) in [7, 11) is 0. The van der Waals surface area contributed by atoms with E-state index < -0.39 is 0 Å². The van der Waals surface area contributed by atoms with Gasteiger partial charge in [0.2, 0.25) is 0 Å². The molecule has 2 aromatic carbocycles. The molecular weight excluding hydrogens is 253 g/mol. The molecule has 3 heteroatoms. The van der Waals surface area contributed by atoms with Gasteiger partial charge in [-0.25, -0.2) is 4.39 Å². The van der Waals surface area contributed by atoms with Crippen molar-refractivity contribution in [3.8, 4) is 5.75 Å². The SMILES string of the molecule is Fc1ccccc1COc1ccccc1CNC1CC1. The zero-order valence-electron chi connectivity index (χ0n) is 11.3. The van der Waals surface area contributed by atoms with E-state index in [2.05, 4.69) is 5.32 Å². The number of halogens is 1. The lowest BCUT2D eigenvalue weighted by Gasteiger charge is -2.12. The molecule has 0 amide bonds. The van der Waals surface area contributed by atoms with Gasteiger partial charge in [-0.3, -0.25) is 0 Å². The van der Waals surface area contributed by atoms with Crippen LogP contribution in [0.2, 0.25) is 0 Å². The largest absolute Gasteiger partial charge is 0.488 e. The van der Waals surface area contributed by atoms with Crippen LogP contribution in [-0.2, 0) is 13.2 Å². The maximum absolute atomic E-state index is 13.6. The van der Waals surface area contributed by atoms with Crippen molar-refractivity contribution in [2.24, 2.45) is 0 Å². The summed E-state index contributed by atoms with van der Waals surface area (Å²) in [5.41, 5.74) is 1.70. The van der Waals surface area contributed by atoms with Crippen molar-refractivity contribution in [2.75, 3.05) is 0 Å². The summed E-state index contributed by atoms with van der Waals surface area (Å²) in [4.78, 5) is 0. The number of hydrogen-bond donors (Lipinski definition) is 1. The molecule has 0 spiro atoms. The first-order chi connectivity index (χ1) is 9.83. The minimum absolute atomic E-state index is 0.221. The van der Waals surface area contributed by atoms with Crippen molar-refractivity contribution < 1.29 is 9.13 Å². The van der Waals surface area contributed by atoms with Gasteiger partial charge in [0.1, 0.15) is 18.2 Å². The maximum Gasteiger partial charge on any atom is 0.129 e. The topological polar surface area (TPSA) is 21.3 Å². The summed E-state index contributed by atoms with van der Waals surface area (Å²) in [6, 6.07) is 15.3. The second-order valence-electron chi connectivity index (χ2n) is 5.14. The second kappa shape index (κ2) is 6.06. The van der Waals surface area contributed by atoms with Crippen LogP contribution in [0.5, 0.6) is 5.75 Å². The van der Waals surface area contributed by atoms with Gasteiger partial charge < -0.3 is 10.1 Å². The smallest absolute Gasteiger partial charge is 0.129 e. The molecule has 2 aromatic rings. The lowest BCUT2D eigenvalue weighted by molar-refractivity contribution is 0.296. The minimum Gasteiger partial charge on any atom is -0.488 e. The fraction of sp³-hybridized carbons (Fsp3) is 0.294. The normalized spacial score (nSPS) is 14.2. The number of ether oxygens (including phenoxy) is 1. The zero-order chi connectivity index (χ0) is 13.8. The van der Waals surface area contributed by atoms with Gasteiger partial charge in [0.05, 0.1) is 0 Å². The van der Waals surface area contributed by atoms with Crippen molar-refractivity contribution in [1.82, 2.24) is 5.32 Å². The Morgan fingerprint density at radius 3 is 2.45 bits per heavy atom. The Morgan fingerprint density at radius 2 is 1.70 bits per heavy atom. The molecule has 1 aliphatic rings. The molecule has 0 heterocycles. The molecule has 2 nitrogen and oxygen atoms in total. The molecule has 20 heavy (non-hydrogen) atoms. The predicted octanol–water partition coefficient (Wildman–Crippen LogP) is 3.66. The molecule has 0 atom stereocenters. The Bertz CT molecular complexity index is 581. The molecule has 0 aromatic heterocycles. The van der Waals surface area contributed by atoms with Gasteiger partial charge in [-0.05, 0) is 25.0 Å². The molecule has 1 aliphatic carbocycles. The molecule has 1 saturated carbocycles. The fourth-order valence-electron chi connectivity index (χ4n) is 2.10. The van der Waals surface area contributed by atoms with E-state index in [0.29, 0.717) is 11.6 Å². The van der Waals surface area contributed by atoms with E-state index in [1.807, 2.05) is 30.3 Å². The average molecular weight is 271 g/mol. The first-order valence-electron chi connectivity index (χ1n) is 7.00. The highest BCUT2D eigenvalue weighted by Crippen LogP contribution is 2.23. The minimum atomic E-state index is -0.221. The van der Waals surface area contributed by atoms with Crippen LogP contribution < -0.4 is 10.1 Å². The molecule has 0 bridgehead atoms. The Labute approximate surface area is 118 Å². The number of benzene rings is 2. The summed E-state index contributed by atoms with van der Waals surface area (Å²) in [6.07, 6.45) is 2.52. The van der Waals surface area contributed by atoms with E-state index in [9.17, 15) is 4.39 Å². The molecule has 104 valence electrons. The van der Waals surface area contributed by atoms with Gasteiger partial charge in [-0.2, -0.15) is 0 Å². The van der Waals surface area contributed by atoms with Crippen LogP contribution in [0.3, 0.4) is 0 Å². The van der Waals surface area contributed by atoms with Gasteiger partial charge in [0.25, 0.3) is 0 Å². The van der Waals surface area contributed by atoms with Crippen LogP contribution in [-0.4, -0.2) is 6.04 Å². The van der Waals surface area contributed by atoms with Crippen molar-refractivity contribution in [1.29, 1.82) is 0 Å². The molecule has 0 saturated heterocycles. The van der Waals surface area contributed by atoms with E-state index in [4.69, 9.17) is 4.74 Å². The first kappa shape index (κ1) is 13.1. The van der Waals surface area contributed by atoms with Crippen LogP contribution in [0.1, 0.15) is 24.0 Å². The van der Waals surface area contributed by atoms with Gasteiger partial charge in [-0.15, -0.1) is 0 Å². The van der Waals surface area contributed by atoms with Crippen molar-refractivity contribution >= 4 is 0 Å². The second-order valence-corrected chi connectivity index (χ2v) is 5.14. The van der Waals surface area contributed by atoms with Crippen molar-refractivity contribution in [2.45, 2.75) is 32.0 Å². The zero-order valence-corrected chi connectivity index (χ0v) is 11.3. The molecule has 0 radical (unpaired) electrons. The lowest BCUT2D eigenvalue weighted by Crippen LogP contribution is -2.16. The third-order valence-corrected chi connectivity index (χ3v) is 3.47. The molecule has 0 unspecified atom stereocenters. The van der Waals surface area contributed by atoms with Gasteiger partial charge in [-0.1, -0.05) is 36.4 Å². The highest BCUT2D eigenvalue weighted by Gasteiger charge is 2.20. The fourth-order valence-corrected chi connectivity index (χ4v) is 2.10. The predicted molar refractivity (Wildman–Crippen MR) is 77.0 cm³/mol. The summed E-state index contributed by atoms with van der Waals surface area (Å²) in [5.74, 6) is 0.602. The quantitative estimate of drug-likeness (QED) is 0.865. The standard InChI is InChI=1S/C17H18FNO/c18-16-7-3-1-6-14(16)12-20-17-8-4-2-5-13(17)11-19-15-9-10-15/h1-8,15,19H,9-12H2. The summed E-state index contributed by atoms with van der Waals surface area (Å²) in [6.45, 7) is 1.06. The van der Waals surface area contributed by atoms with Crippen molar-refractivity contribution in [3.05, 3.63) is 65.5 Å². The van der Waals surface area contributed by atoms with E-state index in [1.54, 1.807) is 12.1 Å². The Balaban J connectivity index is 1.65. The third-order valence-electron chi connectivity index (χ3n) is 3.47. The number of hydrogen-bond acceptors (Lipinski definition) is 2. The molecule has 0 aliphatic heterocycles. The Hall–Kier alpha value is -1.87. The number of nitrogens with one attached hydrogen (secondary N) is 1. The Morgan fingerprint density at radius 1 is 1.00 bits per heavy atom. The van der Waals surface area contributed by atoms with Crippen LogP contribution >= 0.6 is 0 Å². The molecule has 1 fully saturated rings. The molecular formula is C17H18FNO. The monoisotopic (exact) mass is 271 g/mol. The summed E-state index contributed by atoms with van der Waals surface area (Å²) < 4.78 is 19.3. The summed E-state index contributed by atoms with van der Waals surface area (Å²) >= 11 is 0. The molecule has 3 rings (SSSR count). The van der Waals surface area contributed by atoms with Crippen LogP contribution in [0.15, 0.2) is 48.5 Å². The highest BCUT2D eigenvalue weighted by atomic mass is 19.1. The third kappa shape index (κ3) is 3.36. The Kier molecular flexibility index (Phi) is 3.97. The number of rotatable bonds is 6. The van der Waals surface area contributed by atoms with E-state index in [-0.39, 0.29) is 12.4 Å². The van der Waals surface area contributed by atoms with Gasteiger partial charge in [0.15, 0.2) is 0 Å². The van der Waals surface area contributed by atoms with Gasteiger partial charge >= 0.3 is 0 Å². The average Bonchev–Trinajstić information content (AvgIpc) is 3.29. The van der Waals surface area contributed by atoms with E-state index in [0.717, 1.165) is 17.9 Å². The van der Waals surface area contributed by atoms with Crippen LogP contribution in [0, 0.1) is 5.82 Å². The van der Waals surface area contributed by atoms with Crippen LogP contribution in [0.4, 0.5) is 4.39 Å². The summed E-state index contributed by atoms with van der Waals surface area (Å²) in [5, 5.41) is 3.47. The van der Waals surface area contributed by atoms with Crippen LogP contribution in [0.25, 0.3) is 0 Å². The van der Waals surface area contributed by atoms with E-state index >= 15 is 0 Å². The number of para-hydroxylation sites is 1. The maximum atomic E-state index is 13.6. The first-order valence-corrected chi connectivity index (χ1v) is 7.00. The van der Waals surface area contributed by atoms with Gasteiger partial charge in [0, 0.05) is 23.7 Å². The van der Waals surface area contributed by atoms with E-state index in [1.165, 1.54) is 18.9 Å². The highest BCUT2D eigenvalue weighted by molar-refractivity contribution is 5.33. The molecule has 1 N–H and O–H groups in total. The van der Waals surface area contributed by atoms with Crippen molar-refractivity contribution in [3.63, 3.8) is 0 Å².